The summed E-state index contributed by atoms with van der Waals surface area (Å²) < 4.78 is 5.19. The number of rotatable bonds is 0. The summed E-state index contributed by atoms with van der Waals surface area (Å²) in [6.07, 6.45) is 3.22. The molecule has 3 rings (SSSR count). The third-order valence-electron chi connectivity index (χ3n) is 2.06. The van der Waals surface area contributed by atoms with Gasteiger partial charge in [0.1, 0.15) is 5.52 Å². The van der Waals surface area contributed by atoms with Gasteiger partial charge in [0.15, 0.2) is 12.0 Å². The Morgan fingerprint density at radius 3 is 3.08 bits per heavy atom. The molecule has 0 aliphatic carbocycles. The molecule has 3 aromatic rings. The fourth-order valence-corrected chi connectivity index (χ4v) is 1.42. The first-order chi connectivity index (χ1) is 6.43. The predicted molar refractivity (Wildman–Crippen MR) is 49.3 cm³/mol. The molecule has 0 aliphatic rings. The van der Waals surface area contributed by atoms with Crippen LogP contribution >= 0.6 is 0 Å². The van der Waals surface area contributed by atoms with Gasteiger partial charge < -0.3 is 4.42 Å². The van der Waals surface area contributed by atoms with Crippen molar-refractivity contribution in [1.29, 1.82) is 0 Å². The van der Waals surface area contributed by atoms with E-state index in [2.05, 4.69) is 9.97 Å². The Kier molecular flexibility index (Phi) is 1.16. The summed E-state index contributed by atoms with van der Waals surface area (Å²) in [5.74, 6) is 0. The van der Waals surface area contributed by atoms with Crippen LogP contribution in [0, 0.1) is 0 Å². The number of hydrogen-bond donors (Lipinski definition) is 0. The lowest BCUT2D eigenvalue weighted by Gasteiger charge is -1.93. The number of nitrogens with zero attached hydrogens (tertiary/aromatic N) is 2. The molecule has 0 bridgehead atoms. The third kappa shape index (κ3) is 0.902. The second-order valence-corrected chi connectivity index (χ2v) is 2.87. The first-order valence-electron chi connectivity index (χ1n) is 4.01. The zero-order valence-corrected chi connectivity index (χ0v) is 6.77. The van der Waals surface area contributed by atoms with Gasteiger partial charge in [0, 0.05) is 11.6 Å². The van der Waals surface area contributed by atoms with Crippen molar-refractivity contribution >= 4 is 22.0 Å². The maximum atomic E-state index is 5.19. The zero-order chi connectivity index (χ0) is 8.67. The van der Waals surface area contributed by atoms with Crippen LogP contribution in [0.1, 0.15) is 0 Å². The van der Waals surface area contributed by atoms with E-state index in [1.54, 1.807) is 6.20 Å². The largest absolute Gasteiger partial charge is 0.443 e. The molecule has 0 radical (unpaired) electrons. The van der Waals surface area contributed by atoms with Gasteiger partial charge in [-0.1, -0.05) is 6.07 Å². The Morgan fingerprint density at radius 1 is 1.08 bits per heavy atom. The summed E-state index contributed by atoms with van der Waals surface area (Å²) in [4.78, 5) is 8.29. The minimum Gasteiger partial charge on any atom is -0.443 e. The molecule has 0 amide bonds. The number of oxazole rings is 1. The molecule has 0 saturated heterocycles. The Labute approximate surface area is 74.0 Å². The number of aromatic nitrogens is 2. The smallest absolute Gasteiger partial charge is 0.181 e. The van der Waals surface area contributed by atoms with Crippen molar-refractivity contribution in [2.75, 3.05) is 0 Å². The lowest BCUT2D eigenvalue weighted by Crippen LogP contribution is -1.76. The summed E-state index contributed by atoms with van der Waals surface area (Å²) in [7, 11) is 0. The van der Waals surface area contributed by atoms with Gasteiger partial charge in [0.2, 0.25) is 0 Å². The maximum Gasteiger partial charge on any atom is 0.181 e. The van der Waals surface area contributed by atoms with Crippen molar-refractivity contribution in [3.8, 4) is 0 Å². The molecule has 2 aromatic heterocycles. The number of pyridine rings is 1. The molecule has 1 aromatic carbocycles. The van der Waals surface area contributed by atoms with Gasteiger partial charge >= 0.3 is 0 Å². The van der Waals surface area contributed by atoms with E-state index in [0.29, 0.717) is 0 Å². The van der Waals surface area contributed by atoms with Gasteiger partial charge in [-0.2, -0.15) is 0 Å². The Hall–Kier alpha value is -1.90. The Morgan fingerprint density at radius 2 is 2.08 bits per heavy atom. The average Bonchev–Trinajstić information content (AvgIpc) is 2.61. The van der Waals surface area contributed by atoms with Gasteiger partial charge in [-0.05, 0) is 18.2 Å². The van der Waals surface area contributed by atoms with Gasteiger partial charge in [0.05, 0.1) is 5.52 Å². The van der Waals surface area contributed by atoms with Crippen LogP contribution in [-0.4, -0.2) is 9.97 Å². The van der Waals surface area contributed by atoms with E-state index in [4.69, 9.17) is 4.42 Å². The van der Waals surface area contributed by atoms with Crippen molar-refractivity contribution < 1.29 is 4.42 Å². The Balaban J connectivity index is 2.57. The van der Waals surface area contributed by atoms with Crippen LogP contribution in [0.4, 0.5) is 0 Å². The fraction of sp³-hybridized carbons (Fsp3) is 0. The van der Waals surface area contributed by atoms with Gasteiger partial charge in [-0.15, -0.1) is 0 Å². The highest BCUT2D eigenvalue weighted by Gasteiger charge is 2.00. The number of hydrogen-bond acceptors (Lipinski definition) is 3. The lowest BCUT2D eigenvalue weighted by atomic mass is 10.2. The molecule has 0 atom stereocenters. The molecule has 62 valence electrons. The third-order valence-corrected chi connectivity index (χ3v) is 2.06. The van der Waals surface area contributed by atoms with Crippen LogP contribution in [0.5, 0.6) is 0 Å². The van der Waals surface area contributed by atoms with Crippen LogP contribution in [0.3, 0.4) is 0 Å². The number of fused-ring (bicyclic) bond motifs is 2. The molecule has 2 heterocycles. The van der Waals surface area contributed by atoms with E-state index in [9.17, 15) is 0 Å². The highest BCUT2D eigenvalue weighted by molar-refractivity contribution is 5.91. The SMILES string of the molecule is c1cnc2cc3ncoc3cc2c1. The lowest BCUT2D eigenvalue weighted by molar-refractivity contribution is 0.602. The molecule has 0 N–H and O–H groups in total. The molecule has 3 nitrogen and oxygen atoms in total. The highest BCUT2D eigenvalue weighted by atomic mass is 16.3. The van der Waals surface area contributed by atoms with E-state index >= 15 is 0 Å². The summed E-state index contributed by atoms with van der Waals surface area (Å²) in [6.45, 7) is 0. The number of benzene rings is 1. The molecule has 0 spiro atoms. The van der Waals surface area contributed by atoms with Crippen LogP contribution in [0.25, 0.3) is 22.0 Å². The average molecular weight is 170 g/mol. The van der Waals surface area contributed by atoms with E-state index in [1.807, 2.05) is 24.3 Å². The summed E-state index contributed by atoms with van der Waals surface area (Å²) >= 11 is 0. The Bertz CT molecular complexity index is 521. The molecule has 0 aliphatic heterocycles. The van der Waals surface area contributed by atoms with Crippen LogP contribution < -0.4 is 0 Å². The molecular formula is C10H6N2O. The normalized spacial score (nSPS) is 11.1. The monoisotopic (exact) mass is 170 g/mol. The van der Waals surface area contributed by atoms with Crippen molar-refractivity contribution in [1.82, 2.24) is 9.97 Å². The van der Waals surface area contributed by atoms with Crippen molar-refractivity contribution in [2.45, 2.75) is 0 Å². The zero-order valence-electron chi connectivity index (χ0n) is 6.77. The van der Waals surface area contributed by atoms with Crippen molar-refractivity contribution in [2.24, 2.45) is 0 Å². The molecule has 3 heteroatoms. The van der Waals surface area contributed by atoms with Gasteiger partial charge in [0.25, 0.3) is 0 Å². The van der Waals surface area contributed by atoms with Gasteiger partial charge in [-0.3, -0.25) is 4.98 Å². The standard InChI is InChI=1S/C10H6N2O/c1-2-7-4-10-9(12-6-13-10)5-8(7)11-3-1/h1-6H. The van der Waals surface area contributed by atoms with Crippen LogP contribution in [-0.2, 0) is 0 Å². The van der Waals surface area contributed by atoms with Crippen LogP contribution in [0.15, 0.2) is 41.3 Å². The molecule has 0 saturated carbocycles. The van der Waals surface area contributed by atoms with Crippen LogP contribution in [0.2, 0.25) is 0 Å². The van der Waals surface area contributed by atoms with E-state index in [0.717, 1.165) is 22.0 Å². The summed E-state index contributed by atoms with van der Waals surface area (Å²) in [6, 6.07) is 7.79. The molecule has 0 unspecified atom stereocenters. The molecular weight excluding hydrogens is 164 g/mol. The first-order valence-corrected chi connectivity index (χ1v) is 4.01. The van der Waals surface area contributed by atoms with Crippen molar-refractivity contribution in [3.05, 3.63) is 36.9 Å². The fourth-order valence-electron chi connectivity index (χ4n) is 1.42. The summed E-state index contributed by atoms with van der Waals surface area (Å²) in [5, 5.41) is 1.08. The quantitative estimate of drug-likeness (QED) is 0.520. The second kappa shape index (κ2) is 2.29. The molecule has 0 fully saturated rings. The second-order valence-electron chi connectivity index (χ2n) is 2.87. The predicted octanol–water partition coefficient (Wildman–Crippen LogP) is 2.38. The minimum atomic E-state index is 0.806. The topological polar surface area (TPSA) is 38.9 Å². The summed E-state index contributed by atoms with van der Waals surface area (Å²) in [5.41, 5.74) is 2.61. The van der Waals surface area contributed by atoms with Crippen molar-refractivity contribution in [3.63, 3.8) is 0 Å². The van der Waals surface area contributed by atoms with E-state index in [1.165, 1.54) is 6.39 Å². The highest BCUT2D eigenvalue weighted by Crippen LogP contribution is 2.19. The minimum absolute atomic E-state index is 0.806. The van der Waals surface area contributed by atoms with E-state index < -0.39 is 0 Å². The van der Waals surface area contributed by atoms with E-state index in [-0.39, 0.29) is 0 Å². The maximum absolute atomic E-state index is 5.19. The van der Waals surface area contributed by atoms with Gasteiger partial charge in [-0.25, -0.2) is 4.98 Å². The first kappa shape index (κ1) is 6.60. The molecule has 13 heavy (non-hydrogen) atoms.